The minimum Gasteiger partial charge on any atom is -0.252 e. The Morgan fingerprint density at radius 3 is 2.44 bits per heavy atom. The van der Waals surface area contributed by atoms with E-state index in [4.69, 9.17) is 11.6 Å². The van der Waals surface area contributed by atoms with Crippen molar-refractivity contribution in [3.05, 3.63) is 40.3 Å². The molecule has 0 atom stereocenters. The van der Waals surface area contributed by atoms with Gasteiger partial charge in [0.1, 0.15) is 10.8 Å². The van der Waals surface area contributed by atoms with Crippen LogP contribution >= 0.6 is 11.6 Å². The first-order valence-corrected chi connectivity index (χ1v) is 5.39. The van der Waals surface area contributed by atoms with Gasteiger partial charge >= 0.3 is 0 Å². The van der Waals surface area contributed by atoms with Gasteiger partial charge in [-0.25, -0.2) is 9.97 Å². The van der Waals surface area contributed by atoms with Crippen molar-refractivity contribution in [1.82, 2.24) is 15.0 Å². The minimum absolute atomic E-state index is 0.448. The van der Waals surface area contributed by atoms with Crippen LogP contribution < -0.4 is 0 Å². The van der Waals surface area contributed by atoms with Crippen molar-refractivity contribution >= 4 is 11.6 Å². The number of halogens is 1. The van der Waals surface area contributed by atoms with E-state index in [1.54, 1.807) is 6.07 Å². The van der Waals surface area contributed by atoms with Crippen molar-refractivity contribution in [3.63, 3.8) is 0 Å². The smallest absolute Gasteiger partial charge is 0.180 e. The summed E-state index contributed by atoms with van der Waals surface area (Å²) >= 11 is 5.90. The number of hydrogen-bond acceptors (Lipinski definition) is 3. The molecule has 2 rings (SSSR count). The van der Waals surface area contributed by atoms with E-state index in [-0.39, 0.29) is 0 Å². The van der Waals surface area contributed by atoms with Gasteiger partial charge in [0.25, 0.3) is 0 Å². The summed E-state index contributed by atoms with van der Waals surface area (Å²) in [5.74, 6) is 0.586. The summed E-state index contributed by atoms with van der Waals surface area (Å²) < 4.78 is 0. The average molecular weight is 234 g/mol. The van der Waals surface area contributed by atoms with Crippen molar-refractivity contribution in [2.24, 2.45) is 0 Å². The fourth-order valence-corrected chi connectivity index (χ4v) is 1.82. The summed E-state index contributed by atoms with van der Waals surface area (Å²) in [6, 6.07) is 3.79. The van der Waals surface area contributed by atoms with E-state index in [1.165, 1.54) is 0 Å². The number of hydrogen-bond donors (Lipinski definition) is 0. The van der Waals surface area contributed by atoms with Gasteiger partial charge < -0.3 is 0 Å². The third-order valence-corrected chi connectivity index (χ3v) is 2.44. The van der Waals surface area contributed by atoms with Crippen LogP contribution in [0.5, 0.6) is 0 Å². The lowest BCUT2D eigenvalue weighted by atomic mass is 10.1. The molecule has 0 unspecified atom stereocenters. The zero-order valence-corrected chi connectivity index (χ0v) is 10.2. The molecule has 0 amide bonds. The molecule has 2 aromatic heterocycles. The lowest BCUT2D eigenvalue weighted by Gasteiger charge is -2.05. The highest BCUT2D eigenvalue weighted by Crippen LogP contribution is 2.19. The van der Waals surface area contributed by atoms with Gasteiger partial charge in [-0.2, -0.15) is 0 Å². The Labute approximate surface area is 99.5 Å². The largest absolute Gasteiger partial charge is 0.252 e. The van der Waals surface area contributed by atoms with Gasteiger partial charge in [-0.3, -0.25) is 4.98 Å². The highest BCUT2D eigenvalue weighted by Gasteiger charge is 2.08. The molecule has 0 saturated heterocycles. The number of nitrogens with zero attached hydrogens (tertiary/aromatic N) is 3. The van der Waals surface area contributed by atoms with Gasteiger partial charge in [0.05, 0.1) is 0 Å². The van der Waals surface area contributed by atoms with Gasteiger partial charge in [-0.15, -0.1) is 0 Å². The standard InChI is InChI=1S/C12H12ClN3/c1-7-4-8(2)11(14-6-7)12-15-9(3)5-10(13)16-12/h4-6H,1-3H3. The van der Waals surface area contributed by atoms with E-state index in [2.05, 4.69) is 21.0 Å². The first-order chi connectivity index (χ1) is 7.56. The van der Waals surface area contributed by atoms with Gasteiger partial charge in [0.2, 0.25) is 0 Å². The first-order valence-electron chi connectivity index (χ1n) is 5.01. The highest BCUT2D eigenvalue weighted by atomic mass is 35.5. The third kappa shape index (κ3) is 2.19. The second-order valence-corrected chi connectivity index (χ2v) is 4.22. The van der Waals surface area contributed by atoms with Gasteiger partial charge in [0, 0.05) is 11.9 Å². The molecule has 0 aliphatic rings. The molecule has 2 aromatic rings. The summed E-state index contributed by atoms with van der Waals surface area (Å²) in [5.41, 5.74) is 3.81. The number of rotatable bonds is 1. The molecule has 0 fully saturated rings. The number of aromatic nitrogens is 3. The third-order valence-electron chi connectivity index (χ3n) is 2.25. The Hall–Kier alpha value is -1.48. The molecule has 0 aliphatic carbocycles. The molecule has 0 N–H and O–H groups in total. The summed E-state index contributed by atoms with van der Waals surface area (Å²) in [5, 5.41) is 0.448. The van der Waals surface area contributed by atoms with Crippen LogP contribution in [-0.2, 0) is 0 Å². The van der Waals surface area contributed by atoms with E-state index in [1.807, 2.05) is 27.0 Å². The fourth-order valence-electron chi connectivity index (χ4n) is 1.59. The molecule has 2 heterocycles. The molecule has 0 spiro atoms. The van der Waals surface area contributed by atoms with Crippen molar-refractivity contribution < 1.29 is 0 Å². The molecule has 0 saturated carbocycles. The SMILES string of the molecule is Cc1cnc(-c2nc(C)cc(Cl)n2)c(C)c1. The minimum atomic E-state index is 0.448. The van der Waals surface area contributed by atoms with Crippen molar-refractivity contribution in [3.8, 4) is 11.5 Å². The van der Waals surface area contributed by atoms with E-state index in [0.717, 1.165) is 22.5 Å². The molecule has 0 aromatic carbocycles. The Bertz CT molecular complexity index is 518. The summed E-state index contributed by atoms with van der Waals surface area (Å²) in [4.78, 5) is 12.9. The second kappa shape index (κ2) is 4.18. The molecule has 16 heavy (non-hydrogen) atoms. The van der Waals surface area contributed by atoms with E-state index in [9.17, 15) is 0 Å². The monoisotopic (exact) mass is 233 g/mol. The Morgan fingerprint density at radius 2 is 1.81 bits per heavy atom. The quantitative estimate of drug-likeness (QED) is 0.711. The summed E-state index contributed by atoms with van der Waals surface area (Å²) in [6.45, 7) is 5.89. The van der Waals surface area contributed by atoms with Crippen LogP contribution in [0.4, 0.5) is 0 Å². The maximum Gasteiger partial charge on any atom is 0.180 e. The zero-order valence-electron chi connectivity index (χ0n) is 9.45. The molecule has 3 nitrogen and oxygen atoms in total. The van der Waals surface area contributed by atoms with Crippen molar-refractivity contribution in [2.75, 3.05) is 0 Å². The summed E-state index contributed by atoms with van der Waals surface area (Å²) in [7, 11) is 0. The zero-order chi connectivity index (χ0) is 11.7. The average Bonchev–Trinajstić information content (AvgIpc) is 2.15. The predicted octanol–water partition coefficient (Wildman–Crippen LogP) is 3.12. The van der Waals surface area contributed by atoms with Crippen molar-refractivity contribution in [2.45, 2.75) is 20.8 Å². The van der Waals surface area contributed by atoms with E-state index < -0.39 is 0 Å². The van der Waals surface area contributed by atoms with Gasteiger partial charge in [-0.05, 0) is 38.0 Å². The molecule has 4 heteroatoms. The Kier molecular flexibility index (Phi) is 2.88. The first kappa shape index (κ1) is 11.0. The van der Waals surface area contributed by atoms with Crippen LogP contribution in [0, 0.1) is 20.8 Å². The highest BCUT2D eigenvalue weighted by molar-refractivity contribution is 6.29. The molecular weight excluding hydrogens is 222 g/mol. The number of aryl methyl sites for hydroxylation is 3. The summed E-state index contributed by atoms with van der Waals surface area (Å²) in [6.07, 6.45) is 1.81. The van der Waals surface area contributed by atoms with Gasteiger partial charge in [0.15, 0.2) is 5.82 Å². The number of pyridine rings is 1. The molecule has 82 valence electrons. The van der Waals surface area contributed by atoms with E-state index in [0.29, 0.717) is 11.0 Å². The Morgan fingerprint density at radius 1 is 1.06 bits per heavy atom. The van der Waals surface area contributed by atoms with Crippen LogP contribution in [-0.4, -0.2) is 15.0 Å². The van der Waals surface area contributed by atoms with Crippen LogP contribution in [0.15, 0.2) is 18.3 Å². The maximum absolute atomic E-state index is 5.90. The second-order valence-electron chi connectivity index (χ2n) is 3.83. The van der Waals surface area contributed by atoms with E-state index >= 15 is 0 Å². The van der Waals surface area contributed by atoms with Gasteiger partial charge in [-0.1, -0.05) is 17.7 Å². The van der Waals surface area contributed by atoms with Crippen LogP contribution in [0.3, 0.4) is 0 Å². The Balaban J connectivity index is 2.58. The molecule has 0 bridgehead atoms. The predicted molar refractivity (Wildman–Crippen MR) is 64.5 cm³/mol. The van der Waals surface area contributed by atoms with Crippen LogP contribution in [0.1, 0.15) is 16.8 Å². The molecule has 0 aliphatic heterocycles. The maximum atomic E-state index is 5.90. The lowest BCUT2D eigenvalue weighted by molar-refractivity contribution is 1.07. The van der Waals surface area contributed by atoms with Crippen LogP contribution in [0.2, 0.25) is 5.15 Å². The van der Waals surface area contributed by atoms with Crippen molar-refractivity contribution in [1.29, 1.82) is 0 Å². The lowest BCUT2D eigenvalue weighted by Crippen LogP contribution is -1.97. The fraction of sp³-hybridized carbons (Fsp3) is 0.250. The topological polar surface area (TPSA) is 38.7 Å². The van der Waals surface area contributed by atoms with Crippen LogP contribution in [0.25, 0.3) is 11.5 Å². The molecular formula is C12H12ClN3. The normalized spacial score (nSPS) is 10.5. The molecule has 0 radical (unpaired) electrons.